The van der Waals surface area contributed by atoms with Gasteiger partial charge in [0.25, 0.3) is 5.91 Å². The second kappa shape index (κ2) is 9.20. The summed E-state index contributed by atoms with van der Waals surface area (Å²) < 4.78 is 5.80. The van der Waals surface area contributed by atoms with Crippen LogP contribution in [0.3, 0.4) is 0 Å². The summed E-state index contributed by atoms with van der Waals surface area (Å²) >= 11 is 0. The van der Waals surface area contributed by atoms with Crippen molar-refractivity contribution >= 4 is 17.7 Å². The van der Waals surface area contributed by atoms with E-state index in [1.165, 1.54) is 0 Å². The second-order valence-corrected chi connectivity index (χ2v) is 6.34. The number of hydrogen-bond donors (Lipinski definition) is 1. The number of benzene rings is 3. The highest BCUT2D eigenvalue weighted by molar-refractivity contribution is 6.09. The van der Waals surface area contributed by atoms with Crippen LogP contribution in [0.5, 0.6) is 5.75 Å². The zero-order valence-electron chi connectivity index (χ0n) is 15.6. The Balaban J connectivity index is 1.71. The van der Waals surface area contributed by atoms with Crippen LogP contribution < -0.4 is 10.1 Å². The Bertz CT molecular complexity index is 1030. The van der Waals surface area contributed by atoms with Crippen molar-refractivity contribution < 1.29 is 9.53 Å². The topological polar surface area (TPSA) is 62.1 Å². The van der Waals surface area contributed by atoms with Crippen LogP contribution in [-0.4, -0.2) is 5.91 Å². The Labute approximate surface area is 164 Å². The van der Waals surface area contributed by atoms with Crippen molar-refractivity contribution in [2.75, 3.05) is 5.32 Å². The summed E-state index contributed by atoms with van der Waals surface area (Å²) in [6, 6.07) is 26.6. The van der Waals surface area contributed by atoms with Gasteiger partial charge in [0.1, 0.15) is 24.0 Å². The molecule has 0 atom stereocenters. The minimum absolute atomic E-state index is 0.0294. The van der Waals surface area contributed by atoms with E-state index in [2.05, 4.69) is 5.32 Å². The summed E-state index contributed by atoms with van der Waals surface area (Å²) in [5.74, 6) is 0.234. The van der Waals surface area contributed by atoms with E-state index in [9.17, 15) is 10.1 Å². The van der Waals surface area contributed by atoms with Crippen molar-refractivity contribution in [3.63, 3.8) is 0 Å². The quantitative estimate of drug-likeness (QED) is 0.485. The van der Waals surface area contributed by atoms with Crippen LogP contribution in [0.4, 0.5) is 5.69 Å². The fourth-order valence-corrected chi connectivity index (χ4v) is 2.67. The summed E-state index contributed by atoms with van der Waals surface area (Å²) in [7, 11) is 0. The lowest BCUT2D eigenvalue weighted by molar-refractivity contribution is -0.112. The maximum atomic E-state index is 12.4. The Kier molecular flexibility index (Phi) is 6.22. The van der Waals surface area contributed by atoms with Crippen LogP contribution in [0.1, 0.15) is 16.7 Å². The number of nitriles is 1. The first-order chi connectivity index (χ1) is 13.6. The average molecular weight is 368 g/mol. The second-order valence-electron chi connectivity index (χ2n) is 6.34. The third-order valence-electron chi connectivity index (χ3n) is 4.06. The van der Waals surface area contributed by atoms with Gasteiger partial charge in [-0.15, -0.1) is 0 Å². The van der Waals surface area contributed by atoms with Gasteiger partial charge in [-0.2, -0.15) is 5.26 Å². The van der Waals surface area contributed by atoms with Crippen LogP contribution >= 0.6 is 0 Å². The number of nitrogens with zero attached hydrogens (tertiary/aromatic N) is 1. The fourth-order valence-electron chi connectivity index (χ4n) is 2.67. The highest BCUT2D eigenvalue weighted by Crippen LogP contribution is 2.18. The van der Waals surface area contributed by atoms with Crippen LogP contribution in [-0.2, 0) is 11.4 Å². The zero-order chi connectivity index (χ0) is 19.8. The normalized spacial score (nSPS) is 10.8. The van der Waals surface area contributed by atoms with Gasteiger partial charge in [0.05, 0.1) is 0 Å². The molecule has 0 fully saturated rings. The van der Waals surface area contributed by atoms with Crippen LogP contribution in [0.15, 0.2) is 84.4 Å². The maximum Gasteiger partial charge on any atom is 0.266 e. The largest absolute Gasteiger partial charge is 0.489 e. The molecule has 0 aliphatic rings. The molecule has 4 heteroatoms. The summed E-state index contributed by atoms with van der Waals surface area (Å²) in [5.41, 5.74) is 3.51. The van der Waals surface area contributed by atoms with E-state index in [-0.39, 0.29) is 5.57 Å². The monoisotopic (exact) mass is 368 g/mol. The van der Waals surface area contributed by atoms with Crippen molar-refractivity contribution in [2.45, 2.75) is 13.5 Å². The van der Waals surface area contributed by atoms with Crippen LogP contribution in [0.2, 0.25) is 0 Å². The Morgan fingerprint density at radius 3 is 2.57 bits per heavy atom. The van der Waals surface area contributed by atoms with E-state index in [1.807, 2.05) is 79.7 Å². The van der Waals surface area contributed by atoms with Gasteiger partial charge in [-0.1, -0.05) is 54.6 Å². The first-order valence-electron chi connectivity index (χ1n) is 8.90. The number of aryl methyl sites for hydroxylation is 1. The molecule has 0 radical (unpaired) electrons. The highest BCUT2D eigenvalue weighted by atomic mass is 16.5. The lowest BCUT2D eigenvalue weighted by atomic mass is 10.1. The molecule has 3 aromatic carbocycles. The molecule has 0 aliphatic heterocycles. The summed E-state index contributed by atoms with van der Waals surface area (Å²) in [6.45, 7) is 2.39. The minimum Gasteiger partial charge on any atom is -0.489 e. The average Bonchev–Trinajstić information content (AvgIpc) is 2.71. The number of carbonyl (C=O) groups excluding carboxylic acids is 1. The smallest absolute Gasteiger partial charge is 0.266 e. The SMILES string of the molecule is Cc1cccc(NC(=O)C(C#N)=Cc2cccc(OCc3ccccc3)c2)c1. The van der Waals surface area contributed by atoms with E-state index in [0.29, 0.717) is 18.0 Å². The van der Waals surface area contributed by atoms with Crippen molar-refractivity contribution in [2.24, 2.45) is 0 Å². The highest BCUT2D eigenvalue weighted by Gasteiger charge is 2.10. The van der Waals surface area contributed by atoms with Gasteiger partial charge in [-0.25, -0.2) is 0 Å². The Morgan fingerprint density at radius 2 is 1.82 bits per heavy atom. The minimum atomic E-state index is -0.441. The summed E-state index contributed by atoms with van der Waals surface area (Å²) in [5, 5.41) is 12.2. The van der Waals surface area contributed by atoms with Crippen LogP contribution in [0, 0.1) is 18.3 Å². The predicted molar refractivity (Wildman–Crippen MR) is 111 cm³/mol. The fraction of sp³-hybridized carbons (Fsp3) is 0.0833. The third-order valence-corrected chi connectivity index (χ3v) is 4.06. The van der Waals surface area contributed by atoms with Gasteiger partial charge >= 0.3 is 0 Å². The van der Waals surface area contributed by atoms with E-state index >= 15 is 0 Å². The molecule has 0 saturated heterocycles. The van der Waals surface area contributed by atoms with Crippen molar-refractivity contribution in [1.29, 1.82) is 5.26 Å². The molecule has 1 N–H and O–H groups in total. The van der Waals surface area contributed by atoms with Crippen LogP contribution in [0.25, 0.3) is 6.08 Å². The molecule has 0 aliphatic carbocycles. The molecule has 0 bridgehead atoms. The standard InChI is InChI=1S/C24H20N2O2/c1-18-7-5-11-22(13-18)26-24(27)21(16-25)14-20-10-6-12-23(15-20)28-17-19-8-3-2-4-9-19/h2-15H,17H2,1H3,(H,26,27). The number of rotatable bonds is 6. The molecule has 4 nitrogen and oxygen atoms in total. The Morgan fingerprint density at radius 1 is 1.04 bits per heavy atom. The number of amides is 1. The molecule has 0 saturated carbocycles. The van der Waals surface area contributed by atoms with Crippen molar-refractivity contribution in [1.82, 2.24) is 0 Å². The molecule has 0 heterocycles. The molecule has 0 unspecified atom stereocenters. The molecular formula is C24H20N2O2. The lowest BCUT2D eigenvalue weighted by Crippen LogP contribution is -2.13. The number of hydrogen-bond acceptors (Lipinski definition) is 3. The van der Waals surface area contributed by atoms with Crippen molar-refractivity contribution in [3.05, 3.63) is 101 Å². The van der Waals surface area contributed by atoms with E-state index in [0.717, 1.165) is 16.7 Å². The lowest BCUT2D eigenvalue weighted by Gasteiger charge is -2.08. The van der Waals surface area contributed by atoms with Gasteiger partial charge in [-0.3, -0.25) is 4.79 Å². The molecule has 3 rings (SSSR count). The number of anilines is 1. The molecule has 1 amide bonds. The zero-order valence-corrected chi connectivity index (χ0v) is 15.6. The molecule has 138 valence electrons. The van der Waals surface area contributed by atoms with Crippen molar-refractivity contribution in [3.8, 4) is 11.8 Å². The first kappa shape index (κ1) is 18.9. The molecule has 28 heavy (non-hydrogen) atoms. The summed E-state index contributed by atoms with van der Waals surface area (Å²) in [6.07, 6.45) is 1.56. The van der Waals surface area contributed by atoms with E-state index in [1.54, 1.807) is 18.2 Å². The van der Waals surface area contributed by atoms with E-state index in [4.69, 9.17) is 4.74 Å². The molecule has 0 aromatic heterocycles. The third kappa shape index (κ3) is 5.33. The number of nitrogens with one attached hydrogen (secondary N) is 1. The number of carbonyl (C=O) groups is 1. The predicted octanol–water partition coefficient (Wildman–Crippen LogP) is 5.12. The number of ether oxygens (including phenoxy) is 1. The van der Waals surface area contributed by atoms with Gasteiger partial charge in [-0.05, 0) is 54.0 Å². The van der Waals surface area contributed by atoms with Gasteiger partial charge < -0.3 is 10.1 Å². The molecule has 0 spiro atoms. The van der Waals surface area contributed by atoms with Gasteiger partial charge in [0.15, 0.2) is 0 Å². The van der Waals surface area contributed by atoms with Gasteiger partial charge in [0, 0.05) is 5.69 Å². The maximum absolute atomic E-state index is 12.4. The molecule has 3 aromatic rings. The molecular weight excluding hydrogens is 348 g/mol. The van der Waals surface area contributed by atoms with Gasteiger partial charge in [0.2, 0.25) is 0 Å². The Hall–Kier alpha value is -3.84. The summed E-state index contributed by atoms with van der Waals surface area (Å²) in [4.78, 5) is 12.4. The first-order valence-corrected chi connectivity index (χ1v) is 8.90. The van der Waals surface area contributed by atoms with E-state index < -0.39 is 5.91 Å².